The molecule has 2 atom stereocenters. The van der Waals surface area contributed by atoms with Crippen molar-refractivity contribution in [3.8, 4) is 6.07 Å². The second-order valence-electron chi connectivity index (χ2n) is 5.04. The lowest BCUT2D eigenvalue weighted by atomic mass is 10.2. The molecule has 0 bridgehead atoms. The molecular formula is C13H16FN3O2S. The van der Waals surface area contributed by atoms with Crippen molar-refractivity contribution in [2.45, 2.75) is 30.8 Å². The van der Waals surface area contributed by atoms with Gasteiger partial charge in [-0.1, -0.05) is 0 Å². The zero-order valence-electron chi connectivity index (χ0n) is 11.3. The summed E-state index contributed by atoms with van der Waals surface area (Å²) in [5.41, 5.74) is -0.0368. The Morgan fingerprint density at radius 2 is 1.95 bits per heavy atom. The molecule has 2 rings (SSSR count). The standard InChI is InChI=1S/C13H16FN3O2S/c1-9-7-17(8-10(2)16-9)20(18,19)13-5-12(14)4-3-11(13)6-15/h3-5,9-10,16H,7-8H2,1-2H3. The third-order valence-corrected chi connectivity index (χ3v) is 5.08. The van der Waals surface area contributed by atoms with Crippen molar-refractivity contribution in [2.24, 2.45) is 0 Å². The minimum absolute atomic E-state index is 0.00706. The molecule has 0 spiro atoms. The van der Waals surface area contributed by atoms with Gasteiger partial charge in [-0.15, -0.1) is 0 Å². The molecule has 7 heteroatoms. The molecule has 5 nitrogen and oxygen atoms in total. The van der Waals surface area contributed by atoms with E-state index in [4.69, 9.17) is 5.26 Å². The summed E-state index contributed by atoms with van der Waals surface area (Å²) in [6.45, 7) is 4.37. The predicted molar refractivity (Wildman–Crippen MR) is 71.9 cm³/mol. The van der Waals surface area contributed by atoms with Crippen molar-refractivity contribution in [1.29, 1.82) is 5.26 Å². The highest BCUT2D eigenvalue weighted by atomic mass is 32.2. The summed E-state index contributed by atoms with van der Waals surface area (Å²) in [7, 11) is -3.86. The van der Waals surface area contributed by atoms with Crippen molar-refractivity contribution >= 4 is 10.0 Å². The van der Waals surface area contributed by atoms with Gasteiger partial charge in [0.05, 0.1) is 5.56 Å². The Hall–Kier alpha value is -1.49. The molecule has 2 unspecified atom stereocenters. The Kier molecular flexibility index (Phi) is 4.09. The van der Waals surface area contributed by atoms with Gasteiger partial charge in [-0.3, -0.25) is 0 Å². The van der Waals surface area contributed by atoms with Crippen LogP contribution in [0.3, 0.4) is 0 Å². The molecule has 1 aliphatic heterocycles. The molecule has 20 heavy (non-hydrogen) atoms. The monoisotopic (exact) mass is 297 g/mol. The molecular weight excluding hydrogens is 281 g/mol. The van der Waals surface area contributed by atoms with Gasteiger partial charge in [0.15, 0.2) is 0 Å². The minimum atomic E-state index is -3.86. The second kappa shape index (κ2) is 5.48. The van der Waals surface area contributed by atoms with Crippen molar-refractivity contribution in [1.82, 2.24) is 9.62 Å². The summed E-state index contributed by atoms with van der Waals surface area (Å²) in [6.07, 6.45) is 0. The fourth-order valence-electron chi connectivity index (χ4n) is 2.41. The van der Waals surface area contributed by atoms with Crippen molar-refractivity contribution in [2.75, 3.05) is 13.1 Å². The molecule has 1 saturated heterocycles. The number of benzene rings is 1. The number of piperazine rings is 1. The fraction of sp³-hybridized carbons (Fsp3) is 0.462. The highest BCUT2D eigenvalue weighted by molar-refractivity contribution is 7.89. The van der Waals surface area contributed by atoms with E-state index in [1.165, 1.54) is 10.4 Å². The van der Waals surface area contributed by atoms with Crippen LogP contribution in [0.15, 0.2) is 23.1 Å². The zero-order chi connectivity index (χ0) is 14.9. The predicted octanol–water partition coefficient (Wildman–Crippen LogP) is 1.07. The van der Waals surface area contributed by atoms with Gasteiger partial charge >= 0.3 is 0 Å². The number of halogens is 1. The number of hydrogen-bond acceptors (Lipinski definition) is 4. The number of nitriles is 1. The van der Waals surface area contributed by atoms with Gasteiger partial charge in [0.1, 0.15) is 16.8 Å². The van der Waals surface area contributed by atoms with Crippen molar-refractivity contribution < 1.29 is 12.8 Å². The van der Waals surface area contributed by atoms with E-state index in [0.717, 1.165) is 12.1 Å². The number of rotatable bonds is 2. The number of nitrogens with one attached hydrogen (secondary N) is 1. The Morgan fingerprint density at radius 1 is 1.35 bits per heavy atom. The van der Waals surface area contributed by atoms with Gasteiger partial charge in [-0.25, -0.2) is 12.8 Å². The smallest absolute Gasteiger partial charge is 0.244 e. The maximum Gasteiger partial charge on any atom is 0.244 e. The summed E-state index contributed by atoms with van der Waals surface area (Å²) >= 11 is 0. The highest BCUT2D eigenvalue weighted by Crippen LogP contribution is 2.23. The second-order valence-corrected chi connectivity index (χ2v) is 6.95. The van der Waals surface area contributed by atoms with Crippen LogP contribution in [0.1, 0.15) is 19.4 Å². The molecule has 1 aliphatic rings. The lowest BCUT2D eigenvalue weighted by molar-refractivity contribution is 0.263. The molecule has 1 heterocycles. The molecule has 108 valence electrons. The molecule has 1 N–H and O–H groups in total. The third kappa shape index (κ3) is 2.82. The minimum Gasteiger partial charge on any atom is -0.309 e. The highest BCUT2D eigenvalue weighted by Gasteiger charge is 2.33. The normalized spacial score (nSPS) is 24.3. The van der Waals surface area contributed by atoms with Crippen LogP contribution in [0.2, 0.25) is 0 Å². The molecule has 0 radical (unpaired) electrons. The lowest BCUT2D eigenvalue weighted by Crippen LogP contribution is -2.55. The molecule has 0 saturated carbocycles. The Bertz CT molecular complexity index is 644. The molecule has 0 amide bonds. The quantitative estimate of drug-likeness (QED) is 0.886. The number of sulfonamides is 1. The maximum absolute atomic E-state index is 13.3. The summed E-state index contributed by atoms with van der Waals surface area (Å²) in [6, 6.07) is 5.00. The zero-order valence-corrected chi connectivity index (χ0v) is 12.1. The average Bonchev–Trinajstić information content (AvgIpc) is 2.37. The van der Waals surface area contributed by atoms with Crippen LogP contribution < -0.4 is 5.32 Å². The van der Waals surface area contributed by atoms with Crippen LogP contribution in [-0.2, 0) is 10.0 Å². The van der Waals surface area contributed by atoms with Crippen LogP contribution in [-0.4, -0.2) is 37.9 Å². The summed E-state index contributed by atoms with van der Waals surface area (Å²) in [5, 5.41) is 12.2. The van der Waals surface area contributed by atoms with Crippen molar-refractivity contribution in [3.05, 3.63) is 29.6 Å². The van der Waals surface area contributed by atoms with Crippen LogP contribution in [0, 0.1) is 17.1 Å². The Morgan fingerprint density at radius 3 is 2.50 bits per heavy atom. The lowest BCUT2D eigenvalue weighted by Gasteiger charge is -2.35. The topological polar surface area (TPSA) is 73.2 Å². The van der Waals surface area contributed by atoms with Crippen LogP contribution in [0.5, 0.6) is 0 Å². The van der Waals surface area contributed by atoms with E-state index >= 15 is 0 Å². The largest absolute Gasteiger partial charge is 0.309 e. The molecule has 1 aromatic carbocycles. The van der Waals surface area contributed by atoms with E-state index in [9.17, 15) is 12.8 Å². The average molecular weight is 297 g/mol. The van der Waals surface area contributed by atoms with E-state index in [1.54, 1.807) is 6.07 Å². The molecule has 1 fully saturated rings. The van der Waals surface area contributed by atoms with Crippen LogP contribution in [0.4, 0.5) is 4.39 Å². The van der Waals surface area contributed by atoms with E-state index in [2.05, 4.69) is 5.32 Å². The summed E-state index contributed by atoms with van der Waals surface area (Å²) in [5.74, 6) is -0.668. The number of nitrogens with zero attached hydrogens (tertiary/aromatic N) is 2. The first-order valence-electron chi connectivity index (χ1n) is 6.30. The first-order valence-corrected chi connectivity index (χ1v) is 7.74. The summed E-state index contributed by atoms with van der Waals surface area (Å²) < 4.78 is 39.8. The maximum atomic E-state index is 13.3. The molecule has 0 aromatic heterocycles. The first-order chi connectivity index (χ1) is 9.34. The van der Waals surface area contributed by atoms with E-state index in [-0.39, 0.29) is 22.5 Å². The first kappa shape index (κ1) is 14.9. The van der Waals surface area contributed by atoms with Crippen LogP contribution in [0.25, 0.3) is 0 Å². The van der Waals surface area contributed by atoms with Crippen molar-refractivity contribution in [3.63, 3.8) is 0 Å². The molecule has 0 aliphatic carbocycles. The van der Waals surface area contributed by atoms with Crippen LogP contribution >= 0.6 is 0 Å². The van der Waals surface area contributed by atoms with Gasteiger partial charge in [-0.2, -0.15) is 9.57 Å². The number of hydrogen-bond donors (Lipinski definition) is 1. The fourth-order valence-corrected chi connectivity index (χ4v) is 4.18. The van der Waals surface area contributed by atoms with Gasteiger partial charge in [0, 0.05) is 25.2 Å². The summed E-state index contributed by atoms with van der Waals surface area (Å²) in [4.78, 5) is -0.263. The molecule has 1 aromatic rings. The van der Waals surface area contributed by atoms with E-state index in [0.29, 0.717) is 13.1 Å². The van der Waals surface area contributed by atoms with Gasteiger partial charge < -0.3 is 5.32 Å². The van der Waals surface area contributed by atoms with Gasteiger partial charge in [-0.05, 0) is 32.0 Å². The Labute approximate surface area is 118 Å². The SMILES string of the molecule is CC1CN(S(=O)(=O)c2cc(F)ccc2C#N)CC(C)N1. The third-order valence-electron chi connectivity index (χ3n) is 3.21. The van der Waals surface area contributed by atoms with E-state index in [1.807, 2.05) is 13.8 Å². The van der Waals surface area contributed by atoms with Gasteiger partial charge in [0.2, 0.25) is 10.0 Å². The Balaban J connectivity index is 2.45. The van der Waals surface area contributed by atoms with E-state index < -0.39 is 15.8 Å². The van der Waals surface area contributed by atoms with Gasteiger partial charge in [0.25, 0.3) is 0 Å².